The lowest BCUT2D eigenvalue weighted by Gasteiger charge is -2.09. The first-order chi connectivity index (χ1) is 12.1. The summed E-state index contributed by atoms with van der Waals surface area (Å²) < 4.78 is 54.0. The fraction of sp³-hybridized carbons (Fsp3) is 0.615. The fourth-order valence-electron chi connectivity index (χ4n) is 1.98. The molecule has 1 N–H and O–H groups in total. The Morgan fingerprint density at radius 1 is 1.45 bits per heavy atom. The van der Waals surface area contributed by atoms with Gasteiger partial charge in [-0.3, -0.25) is 13.9 Å². The Kier molecular flexibility index (Phi) is 2.19. The fourth-order valence-corrected chi connectivity index (χ4v) is 1.98. The lowest BCUT2D eigenvalue weighted by Crippen LogP contribution is -2.39. The van der Waals surface area contributed by atoms with Gasteiger partial charge in [0.25, 0.3) is 5.56 Å². The van der Waals surface area contributed by atoms with Crippen molar-refractivity contribution in [2.45, 2.75) is 38.8 Å². The van der Waals surface area contributed by atoms with Gasteiger partial charge in [-0.25, -0.2) is 9.78 Å². The molecule has 2 rings (SSSR count). The Bertz CT molecular complexity index is 947. The second kappa shape index (κ2) is 5.62. The topological polar surface area (TPSA) is 82.1 Å². The number of aromatic nitrogens is 4. The molecule has 7 heteroatoms. The van der Waals surface area contributed by atoms with Crippen LogP contribution in [0, 0.1) is 0 Å². The van der Waals surface area contributed by atoms with E-state index in [1.165, 1.54) is 6.92 Å². The quantitative estimate of drug-likeness (QED) is 0.784. The van der Waals surface area contributed by atoms with Gasteiger partial charge in [0.2, 0.25) is 0 Å². The van der Waals surface area contributed by atoms with Gasteiger partial charge in [0.1, 0.15) is 0 Å². The van der Waals surface area contributed by atoms with Gasteiger partial charge in [0, 0.05) is 28.7 Å². The van der Waals surface area contributed by atoms with E-state index in [1.807, 2.05) is 0 Å². The standard InChI is InChI=1S/C13H20N4O3/c1-9(18)6-4-5-7-17-12(19)10-11(14-8-15(10)2)16(3)13(17)20/h8-9,18H,4-7H2,1-3H3/t9-/m0/s1/i2D3,3D3,9D. The van der Waals surface area contributed by atoms with Crippen LogP contribution in [0.3, 0.4) is 0 Å². The minimum Gasteiger partial charge on any atom is -0.393 e. The normalized spacial score (nSPS) is 21.0. The highest BCUT2D eigenvalue weighted by Gasteiger charge is 2.14. The zero-order valence-electron chi connectivity index (χ0n) is 18.0. The first-order valence-corrected chi connectivity index (χ1v) is 6.11. The highest BCUT2D eigenvalue weighted by atomic mass is 16.3. The summed E-state index contributed by atoms with van der Waals surface area (Å²) in [5, 5.41) is 9.40. The lowest BCUT2D eigenvalue weighted by molar-refractivity contribution is 0.180. The Hall–Kier alpha value is -1.89. The lowest BCUT2D eigenvalue weighted by atomic mass is 10.2. The molecule has 0 aliphatic carbocycles. The van der Waals surface area contributed by atoms with Crippen LogP contribution in [0.1, 0.15) is 35.8 Å². The highest BCUT2D eigenvalue weighted by Crippen LogP contribution is 2.04. The summed E-state index contributed by atoms with van der Waals surface area (Å²) in [4.78, 5) is 29.0. The summed E-state index contributed by atoms with van der Waals surface area (Å²) in [6.07, 6.45) is -0.258. The van der Waals surface area contributed by atoms with E-state index in [0.717, 1.165) is 6.33 Å². The summed E-state index contributed by atoms with van der Waals surface area (Å²) in [5.74, 6) is 0. The van der Waals surface area contributed by atoms with Gasteiger partial charge in [0.15, 0.2) is 11.2 Å². The minimum atomic E-state index is -2.97. The SMILES string of the molecule is [2H]C([2H])([2H])n1cnc2c1c(=O)n(CCCC[C@]([2H])(C)O)c(=O)n2C([2H])([2H])[2H]. The molecule has 110 valence electrons. The molecule has 0 aliphatic heterocycles. The molecule has 0 bridgehead atoms. The zero-order chi connectivity index (χ0) is 20.8. The van der Waals surface area contributed by atoms with Gasteiger partial charge in [0.05, 0.1) is 13.8 Å². The molecule has 0 unspecified atom stereocenters. The van der Waals surface area contributed by atoms with Crippen LogP contribution in [-0.4, -0.2) is 29.9 Å². The molecule has 0 saturated carbocycles. The molecule has 0 spiro atoms. The van der Waals surface area contributed by atoms with Crippen LogP contribution in [0.25, 0.3) is 11.2 Å². The van der Waals surface area contributed by atoms with Crippen molar-refractivity contribution in [3.8, 4) is 0 Å². The second-order valence-electron chi connectivity index (χ2n) is 4.55. The average molecular weight is 287 g/mol. The molecule has 7 nitrogen and oxygen atoms in total. The molecule has 2 aromatic heterocycles. The Morgan fingerprint density at radius 3 is 2.90 bits per heavy atom. The summed E-state index contributed by atoms with van der Waals surface area (Å²) in [7, 11) is 0. The smallest absolute Gasteiger partial charge is 0.332 e. The van der Waals surface area contributed by atoms with Crippen molar-refractivity contribution in [2.75, 3.05) is 0 Å². The molecule has 0 fully saturated rings. The van der Waals surface area contributed by atoms with Crippen molar-refractivity contribution in [1.29, 1.82) is 0 Å². The number of nitrogens with zero attached hydrogens (tertiary/aromatic N) is 4. The molecular formula is C13H20N4O3. The van der Waals surface area contributed by atoms with Crippen molar-refractivity contribution in [2.24, 2.45) is 14.0 Å². The third-order valence-corrected chi connectivity index (χ3v) is 3.00. The number of imidazole rings is 1. The van der Waals surface area contributed by atoms with Crippen LogP contribution in [0.15, 0.2) is 15.9 Å². The Labute approximate surface area is 125 Å². The maximum Gasteiger partial charge on any atom is 0.332 e. The van der Waals surface area contributed by atoms with Crippen LogP contribution >= 0.6 is 0 Å². The second-order valence-corrected chi connectivity index (χ2v) is 4.55. The molecule has 20 heavy (non-hydrogen) atoms. The largest absolute Gasteiger partial charge is 0.393 e. The molecule has 2 aromatic rings. The van der Waals surface area contributed by atoms with E-state index >= 15 is 0 Å². The molecule has 0 aliphatic rings. The van der Waals surface area contributed by atoms with E-state index in [-0.39, 0.29) is 19.4 Å². The third-order valence-electron chi connectivity index (χ3n) is 3.00. The van der Waals surface area contributed by atoms with Crippen LogP contribution in [0.5, 0.6) is 0 Å². The Morgan fingerprint density at radius 2 is 2.25 bits per heavy atom. The first kappa shape index (κ1) is 7.78. The van der Waals surface area contributed by atoms with Crippen molar-refractivity contribution in [3.63, 3.8) is 0 Å². The number of aliphatic hydroxyl groups is 1. The van der Waals surface area contributed by atoms with Gasteiger partial charge in [-0.1, -0.05) is 0 Å². The number of hydrogen-bond acceptors (Lipinski definition) is 4. The van der Waals surface area contributed by atoms with Gasteiger partial charge in [-0.05, 0) is 26.2 Å². The highest BCUT2D eigenvalue weighted by molar-refractivity contribution is 5.69. The molecule has 0 aromatic carbocycles. The predicted octanol–water partition coefficient (Wildman–Crippen LogP) is -0.0152. The van der Waals surface area contributed by atoms with Gasteiger partial charge >= 0.3 is 5.69 Å². The maximum atomic E-state index is 12.7. The molecular weight excluding hydrogens is 260 g/mol. The van der Waals surface area contributed by atoms with Crippen LogP contribution < -0.4 is 11.2 Å². The molecule has 0 saturated heterocycles. The van der Waals surface area contributed by atoms with E-state index < -0.39 is 42.4 Å². The number of hydrogen-bond donors (Lipinski definition) is 1. The molecule has 0 amide bonds. The number of aryl methyl sites for hydroxylation is 2. The molecule has 1 atom stereocenters. The van der Waals surface area contributed by atoms with Crippen LogP contribution in [0.4, 0.5) is 0 Å². The molecule has 0 radical (unpaired) electrons. The minimum absolute atomic E-state index is 0.0880. The monoisotopic (exact) mass is 287 g/mol. The summed E-state index contributed by atoms with van der Waals surface area (Å²) in [5.41, 5.74) is -3.10. The van der Waals surface area contributed by atoms with Gasteiger partial charge in [-0.2, -0.15) is 0 Å². The number of rotatable bonds is 5. The average Bonchev–Trinajstić information content (AvgIpc) is 2.88. The van der Waals surface area contributed by atoms with Crippen molar-refractivity contribution in [1.82, 2.24) is 18.7 Å². The molecule has 2 heterocycles. The third kappa shape index (κ3) is 2.53. The van der Waals surface area contributed by atoms with E-state index in [0.29, 0.717) is 20.1 Å². The van der Waals surface area contributed by atoms with E-state index in [2.05, 4.69) is 4.98 Å². The summed E-state index contributed by atoms with van der Waals surface area (Å²) in [6.45, 7) is -4.65. The van der Waals surface area contributed by atoms with Crippen LogP contribution in [0.2, 0.25) is 0 Å². The number of fused-ring (bicyclic) bond motifs is 1. The first-order valence-electron chi connectivity index (χ1n) is 9.61. The summed E-state index contributed by atoms with van der Waals surface area (Å²) in [6, 6.07) is 0. The van der Waals surface area contributed by atoms with E-state index in [4.69, 9.17) is 9.60 Å². The van der Waals surface area contributed by atoms with Gasteiger partial charge in [-0.15, -0.1) is 0 Å². The Balaban J connectivity index is 2.63. The van der Waals surface area contributed by atoms with Crippen molar-refractivity contribution < 1.29 is 14.7 Å². The van der Waals surface area contributed by atoms with Crippen molar-refractivity contribution in [3.05, 3.63) is 27.2 Å². The van der Waals surface area contributed by atoms with Crippen molar-refractivity contribution >= 4 is 11.2 Å². The van der Waals surface area contributed by atoms with E-state index in [9.17, 15) is 14.7 Å². The predicted molar refractivity (Wildman–Crippen MR) is 75.7 cm³/mol. The summed E-state index contributed by atoms with van der Waals surface area (Å²) >= 11 is 0. The van der Waals surface area contributed by atoms with Gasteiger partial charge < -0.3 is 9.67 Å². The van der Waals surface area contributed by atoms with E-state index in [1.54, 1.807) is 0 Å². The van der Waals surface area contributed by atoms with Crippen LogP contribution in [-0.2, 0) is 20.5 Å². The maximum absolute atomic E-state index is 12.7. The number of unbranched alkanes of at least 4 members (excludes halogenated alkanes) is 1. The zero-order valence-corrected chi connectivity index (χ0v) is 11.0.